The molecule has 0 bridgehead atoms. The zero-order valence-corrected chi connectivity index (χ0v) is 6.35. The Labute approximate surface area is 64.7 Å². The van der Waals surface area contributed by atoms with Gasteiger partial charge in [0.05, 0.1) is 12.8 Å². The maximum absolute atomic E-state index is 5.69. The Morgan fingerprint density at radius 3 is 2.90 bits per heavy atom. The molecule has 0 saturated heterocycles. The van der Waals surface area contributed by atoms with Gasteiger partial charge in [0.2, 0.25) is 0 Å². The molecule has 0 amide bonds. The van der Waals surface area contributed by atoms with Crippen molar-refractivity contribution in [2.24, 2.45) is 0 Å². The third kappa shape index (κ3) is 1.90. The van der Waals surface area contributed by atoms with Crippen LogP contribution in [0.5, 0.6) is 0 Å². The van der Waals surface area contributed by atoms with Crippen LogP contribution < -0.4 is 5.48 Å². The van der Waals surface area contributed by atoms with Crippen LogP contribution in [0.2, 0.25) is 5.02 Å². The van der Waals surface area contributed by atoms with Crippen molar-refractivity contribution in [3.05, 3.63) is 29.3 Å². The third-order valence-corrected chi connectivity index (χ3v) is 1.28. The van der Waals surface area contributed by atoms with E-state index in [2.05, 4.69) is 10.3 Å². The molecule has 0 aliphatic heterocycles. The van der Waals surface area contributed by atoms with Crippen molar-refractivity contribution in [1.29, 1.82) is 0 Å². The highest BCUT2D eigenvalue weighted by atomic mass is 35.5. The first-order valence-corrected chi connectivity index (χ1v) is 3.25. The molecule has 3 heteroatoms. The summed E-state index contributed by atoms with van der Waals surface area (Å²) in [7, 11) is 1.56. The second-order valence-electron chi connectivity index (χ2n) is 1.82. The highest BCUT2D eigenvalue weighted by molar-refractivity contribution is 6.30. The lowest BCUT2D eigenvalue weighted by atomic mass is 10.3. The Hall–Kier alpha value is -0.730. The predicted octanol–water partition coefficient (Wildman–Crippen LogP) is 2.31. The third-order valence-electron chi connectivity index (χ3n) is 1.04. The molecule has 2 nitrogen and oxygen atoms in total. The molecule has 0 spiro atoms. The first-order valence-electron chi connectivity index (χ1n) is 2.87. The Morgan fingerprint density at radius 1 is 1.50 bits per heavy atom. The minimum absolute atomic E-state index is 0.696. The van der Waals surface area contributed by atoms with Gasteiger partial charge in [-0.3, -0.25) is 10.3 Å². The normalized spacial score (nSPS) is 9.40. The fourth-order valence-electron chi connectivity index (χ4n) is 0.670. The number of hydrogen-bond donors (Lipinski definition) is 1. The van der Waals surface area contributed by atoms with E-state index < -0.39 is 0 Å². The SMILES string of the molecule is CONc1cccc(Cl)c1. The average molecular weight is 158 g/mol. The van der Waals surface area contributed by atoms with E-state index in [1.54, 1.807) is 13.2 Å². The summed E-state index contributed by atoms with van der Waals surface area (Å²) in [4.78, 5) is 4.67. The Morgan fingerprint density at radius 2 is 2.30 bits per heavy atom. The van der Waals surface area contributed by atoms with Gasteiger partial charge >= 0.3 is 0 Å². The highest BCUT2D eigenvalue weighted by Gasteiger charge is 1.89. The van der Waals surface area contributed by atoms with Gasteiger partial charge in [-0.1, -0.05) is 17.7 Å². The summed E-state index contributed by atoms with van der Waals surface area (Å²) in [6.45, 7) is 0. The van der Waals surface area contributed by atoms with E-state index >= 15 is 0 Å². The average Bonchev–Trinajstić information content (AvgIpc) is 1.88. The first-order chi connectivity index (χ1) is 4.83. The number of hydrogen-bond acceptors (Lipinski definition) is 2. The fourth-order valence-corrected chi connectivity index (χ4v) is 0.860. The van der Waals surface area contributed by atoms with Crippen LogP contribution in [0.25, 0.3) is 0 Å². The van der Waals surface area contributed by atoms with Crippen LogP contribution in [0.15, 0.2) is 24.3 Å². The number of anilines is 1. The van der Waals surface area contributed by atoms with E-state index in [-0.39, 0.29) is 0 Å². The molecule has 0 atom stereocenters. The standard InChI is InChI=1S/C7H8ClNO/c1-10-9-7-4-2-3-6(8)5-7/h2-5,9H,1H3. The van der Waals surface area contributed by atoms with Crippen molar-refractivity contribution in [3.63, 3.8) is 0 Å². The molecule has 0 fully saturated rings. The van der Waals surface area contributed by atoms with Crippen molar-refractivity contribution in [1.82, 2.24) is 0 Å². The van der Waals surface area contributed by atoms with Crippen molar-refractivity contribution >= 4 is 17.3 Å². The molecule has 0 heterocycles. The van der Waals surface area contributed by atoms with Crippen LogP contribution in [-0.2, 0) is 4.84 Å². The van der Waals surface area contributed by atoms with Gasteiger partial charge in [-0.05, 0) is 18.2 Å². The molecular weight excluding hydrogens is 150 g/mol. The van der Waals surface area contributed by atoms with Crippen LogP contribution >= 0.6 is 11.6 Å². The summed E-state index contributed by atoms with van der Waals surface area (Å²) in [5.74, 6) is 0. The minimum Gasteiger partial charge on any atom is -0.279 e. The molecule has 10 heavy (non-hydrogen) atoms. The van der Waals surface area contributed by atoms with Gasteiger partial charge < -0.3 is 0 Å². The van der Waals surface area contributed by atoms with Crippen LogP contribution in [0, 0.1) is 0 Å². The zero-order valence-electron chi connectivity index (χ0n) is 5.60. The minimum atomic E-state index is 0.696. The highest BCUT2D eigenvalue weighted by Crippen LogP contribution is 2.14. The molecule has 54 valence electrons. The van der Waals surface area contributed by atoms with Crippen molar-refractivity contribution in [3.8, 4) is 0 Å². The fraction of sp³-hybridized carbons (Fsp3) is 0.143. The summed E-state index contributed by atoms with van der Waals surface area (Å²) < 4.78 is 0. The molecule has 1 rings (SSSR count). The Bertz CT molecular complexity index is 215. The summed E-state index contributed by atoms with van der Waals surface area (Å²) in [5.41, 5.74) is 3.52. The zero-order chi connectivity index (χ0) is 7.40. The summed E-state index contributed by atoms with van der Waals surface area (Å²) in [6, 6.07) is 7.31. The molecular formula is C7H8ClNO. The van der Waals surface area contributed by atoms with Crippen LogP contribution in [-0.4, -0.2) is 7.11 Å². The van der Waals surface area contributed by atoms with Crippen LogP contribution in [0.1, 0.15) is 0 Å². The van der Waals surface area contributed by atoms with Gasteiger partial charge in [0.25, 0.3) is 0 Å². The molecule has 1 aromatic rings. The Kier molecular flexibility index (Phi) is 2.54. The molecule has 1 N–H and O–H groups in total. The van der Waals surface area contributed by atoms with E-state index in [9.17, 15) is 0 Å². The summed E-state index contributed by atoms with van der Waals surface area (Å²) >= 11 is 5.69. The van der Waals surface area contributed by atoms with Gasteiger partial charge in [0, 0.05) is 5.02 Å². The first kappa shape index (κ1) is 7.38. The molecule has 0 aromatic heterocycles. The van der Waals surface area contributed by atoms with E-state index in [0.717, 1.165) is 5.69 Å². The number of nitrogens with one attached hydrogen (secondary N) is 1. The number of halogens is 1. The van der Waals surface area contributed by atoms with Gasteiger partial charge in [-0.2, -0.15) is 0 Å². The van der Waals surface area contributed by atoms with Gasteiger partial charge in [-0.15, -0.1) is 0 Å². The van der Waals surface area contributed by atoms with Gasteiger partial charge in [0.1, 0.15) is 0 Å². The number of benzene rings is 1. The maximum Gasteiger partial charge on any atom is 0.0636 e. The quantitative estimate of drug-likeness (QED) is 0.666. The molecule has 0 saturated carbocycles. The van der Waals surface area contributed by atoms with Gasteiger partial charge in [0.15, 0.2) is 0 Å². The largest absolute Gasteiger partial charge is 0.279 e. The van der Waals surface area contributed by atoms with Crippen LogP contribution in [0.3, 0.4) is 0 Å². The molecule has 0 radical (unpaired) electrons. The molecule has 0 aliphatic rings. The van der Waals surface area contributed by atoms with E-state index in [0.29, 0.717) is 5.02 Å². The van der Waals surface area contributed by atoms with E-state index in [4.69, 9.17) is 11.6 Å². The van der Waals surface area contributed by atoms with Crippen molar-refractivity contribution in [2.45, 2.75) is 0 Å². The lowest BCUT2D eigenvalue weighted by Gasteiger charge is -2.01. The summed E-state index contributed by atoms with van der Waals surface area (Å²) in [6.07, 6.45) is 0. The van der Waals surface area contributed by atoms with E-state index in [1.165, 1.54) is 0 Å². The maximum atomic E-state index is 5.69. The second-order valence-corrected chi connectivity index (χ2v) is 2.25. The molecule has 1 aromatic carbocycles. The predicted molar refractivity (Wildman–Crippen MR) is 42.1 cm³/mol. The number of rotatable bonds is 2. The lowest BCUT2D eigenvalue weighted by Crippen LogP contribution is -1.94. The van der Waals surface area contributed by atoms with Gasteiger partial charge in [-0.25, -0.2) is 0 Å². The lowest BCUT2D eigenvalue weighted by molar-refractivity contribution is 0.271. The van der Waals surface area contributed by atoms with Crippen molar-refractivity contribution < 1.29 is 4.84 Å². The summed E-state index contributed by atoms with van der Waals surface area (Å²) in [5, 5.41) is 0.696. The second kappa shape index (κ2) is 3.44. The molecule has 0 aliphatic carbocycles. The van der Waals surface area contributed by atoms with Crippen molar-refractivity contribution in [2.75, 3.05) is 12.6 Å². The monoisotopic (exact) mass is 157 g/mol. The topological polar surface area (TPSA) is 21.3 Å². The molecule has 0 unspecified atom stereocenters. The Balaban J connectivity index is 2.75. The smallest absolute Gasteiger partial charge is 0.0636 e. The van der Waals surface area contributed by atoms with Crippen LogP contribution in [0.4, 0.5) is 5.69 Å². The van der Waals surface area contributed by atoms with E-state index in [1.807, 2.05) is 18.2 Å².